The number of benzene rings is 1. The van der Waals surface area contributed by atoms with Crippen LogP contribution in [0.25, 0.3) is 0 Å². The van der Waals surface area contributed by atoms with Crippen molar-refractivity contribution in [3.63, 3.8) is 0 Å². The van der Waals surface area contributed by atoms with Gasteiger partial charge in [0.15, 0.2) is 11.5 Å². The van der Waals surface area contributed by atoms with E-state index >= 15 is 0 Å². The molecule has 1 aliphatic heterocycles. The molecule has 22 heavy (non-hydrogen) atoms. The van der Waals surface area contributed by atoms with Crippen LogP contribution in [0.15, 0.2) is 18.2 Å². The van der Waals surface area contributed by atoms with Gasteiger partial charge in [0.25, 0.3) is 0 Å². The number of rotatable bonds is 7. The first-order valence-electron chi connectivity index (χ1n) is 8.13. The van der Waals surface area contributed by atoms with E-state index in [9.17, 15) is 0 Å². The zero-order chi connectivity index (χ0) is 15.9. The lowest BCUT2D eigenvalue weighted by atomic mass is 10.2. The van der Waals surface area contributed by atoms with Crippen LogP contribution < -0.4 is 15.2 Å². The van der Waals surface area contributed by atoms with Gasteiger partial charge in [-0.15, -0.1) is 0 Å². The number of anilines is 1. The number of ether oxygens (including phenoxy) is 2. The van der Waals surface area contributed by atoms with Gasteiger partial charge in [0, 0.05) is 50.5 Å². The quantitative estimate of drug-likeness (QED) is 0.617. The van der Waals surface area contributed by atoms with E-state index in [1.807, 2.05) is 18.2 Å². The Balaban J connectivity index is 1.69. The Morgan fingerprint density at radius 3 is 2.50 bits per heavy atom. The maximum absolute atomic E-state index is 5.82. The van der Waals surface area contributed by atoms with Crippen molar-refractivity contribution in [2.45, 2.75) is 26.3 Å². The van der Waals surface area contributed by atoms with Gasteiger partial charge in [0.1, 0.15) is 0 Å². The Morgan fingerprint density at radius 2 is 1.86 bits per heavy atom. The van der Waals surface area contributed by atoms with Gasteiger partial charge in [-0.2, -0.15) is 0 Å². The zero-order valence-corrected chi connectivity index (χ0v) is 14.0. The number of nitrogens with zero attached hydrogens (tertiary/aromatic N) is 2. The molecule has 0 aliphatic carbocycles. The highest BCUT2D eigenvalue weighted by molar-refractivity contribution is 5.51. The van der Waals surface area contributed by atoms with Crippen molar-refractivity contribution in [2.24, 2.45) is 0 Å². The molecule has 0 atom stereocenters. The molecule has 5 nitrogen and oxygen atoms in total. The first kappa shape index (κ1) is 16.9. The zero-order valence-electron chi connectivity index (χ0n) is 14.0. The fraction of sp³-hybridized carbons (Fsp3) is 0.647. The van der Waals surface area contributed by atoms with E-state index in [1.54, 1.807) is 7.11 Å². The SMILES string of the molecule is COc1ccc(N)cc1OCCCN1CCN(C(C)C)CC1. The van der Waals surface area contributed by atoms with Crippen LogP contribution in [-0.4, -0.2) is 62.3 Å². The normalized spacial score (nSPS) is 16.9. The number of nitrogens with two attached hydrogens (primary N) is 1. The molecule has 1 aliphatic rings. The Morgan fingerprint density at radius 1 is 1.14 bits per heavy atom. The second-order valence-electron chi connectivity index (χ2n) is 6.08. The molecule has 124 valence electrons. The van der Waals surface area contributed by atoms with E-state index < -0.39 is 0 Å². The lowest BCUT2D eigenvalue weighted by Crippen LogP contribution is -2.49. The largest absolute Gasteiger partial charge is 0.493 e. The van der Waals surface area contributed by atoms with Crippen LogP contribution >= 0.6 is 0 Å². The minimum Gasteiger partial charge on any atom is -0.493 e. The van der Waals surface area contributed by atoms with Crippen LogP contribution in [0.2, 0.25) is 0 Å². The van der Waals surface area contributed by atoms with E-state index in [0.29, 0.717) is 18.3 Å². The van der Waals surface area contributed by atoms with Crippen molar-refractivity contribution >= 4 is 5.69 Å². The van der Waals surface area contributed by atoms with Crippen molar-refractivity contribution in [2.75, 3.05) is 52.2 Å². The van der Waals surface area contributed by atoms with E-state index in [1.165, 1.54) is 13.1 Å². The van der Waals surface area contributed by atoms with Gasteiger partial charge in [-0.3, -0.25) is 4.90 Å². The molecule has 2 N–H and O–H groups in total. The molecule has 0 aromatic heterocycles. The van der Waals surface area contributed by atoms with Crippen molar-refractivity contribution in [3.05, 3.63) is 18.2 Å². The minimum absolute atomic E-state index is 0.654. The molecule has 0 radical (unpaired) electrons. The Kier molecular flexibility index (Phi) is 6.34. The molecule has 1 saturated heterocycles. The minimum atomic E-state index is 0.654. The maximum Gasteiger partial charge on any atom is 0.163 e. The molecule has 1 fully saturated rings. The van der Waals surface area contributed by atoms with Crippen LogP contribution in [0.3, 0.4) is 0 Å². The van der Waals surface area contributed by atoms with Gasteiger partial charge in [0.2, 0.25) is 0 Å². The van der Waals surface area contributed by atoms with Crippen LogP contribution in [0.4, 0.5) is 5.69 Å². The fourth-order valence-corrected chi connectivity index (χ4v) is 2.78. The summed E-state index contributed by atoms with van der Waals surface area (Å²) in [4.78, 5) is 5.05. The maximum atomic E-state index is 5.82. The summed E-state index contributed by atoms with van der Waals surface area (Å²) in [6.07, 6.45) is 1.01. The first-order valence-corrected chi connectivity index (χ1v) is 8.13. The lowest BCUT2D eigenvalue weighted by Gasteiger charge is -2.36. The first-order chi connectivity index (χ1) is 10.6. The topological polar surface area (TPSA) is 51.0 Å². The molecule has 0 saturated carbocycles. The highest BCUT2D eigenvalue weighted by atomic mass is 16.5. The highest BCUT2D eigenvalue weighted by Crippen LogP contribution is 2.29. The highest BCUT2D eigenvalue weighted by Gasteiger charge is 2.18. The van der Waals surface area contributed by atoms with Crippen LogP contribution in [0.1, 0.15) is 20.3 Å². The number of hydrogen-bond donors (Lipinski definition) is 1. The average Bonchev–Trinajstić information content (AvgIpc) is 2.52. The summed E-state index contributed by atoms with van der Waals surface area (Å²) in [5.74, 6) is 1.46. The van der Waals surface area contributed by atoms with E-state index in [-0.39, 0.29) is 0 Å². The van der Waals surface area contributed by atoms with E-state index in [0.717, 1.165) is 37.6 Å². The Labute approximate surface area is 134 Å². The summed E-state index contributed by atoms with van der Waals surface area (Å²) in [7, 11) is 1.65. The average molecular weight is 307 g/mol. The summed E-state index contributed by atoms with van der Waals surface area (Å²) in [6.45, 7) is 10.9. The third-order valence-electron chi connectivity index (χ3n) is 4.20. The Bertz CT molecular complexity index is 457. The van der Waals surface area contributed by atoms with Crippen LogP contribution in [0, 0.1) is 0 Å². The van der Waals surface area contributed by atoms with Crippen molar-refractivity contribution in [3.8, 4) is 11.5 Å². The van der Waals surface area contributed by atoms with Gasteiger partial charge in [-0.25, -0.2) is 0 Å². The molecule has 5 heteroatoms. The van der Waals surface area contributed by atoms with Crippen molar-refractivity contribution in [1.29, 1.82) is 0 Å². The molecule has 2 rings (SSSR count). The summed E-state index contributed by atoms with van der Waals surface area (Å²) in [6, 6.07) is 6.14. The molecule has 1 heterocycles. The lowest BCUT2D eigenvalue weighted by molar-refractivity contribution is 0.104. The molecule has 0 spiro atoms. The monoisotopic (exact) mass is 307 g/mol. The summed E-state index contributed by atoms with van der Waals surface area (Å²) >= 11 is 0. The second-order valence-corrected chi connectivity index (χ2v) is 6.08. The van der Waals surface area contributed by atoms with Crippen molar-refractivity contribution < 1.29 is 9.47 Å². The predicted molar refractivity (Wildman–Crippen MR) is 90.7 cm³/mol. The van der Waals surface area contributed by atoms with Gasteiger partial charge in [-0.1, -0.05) is 0 Å². The molecule has 1 aromatic carbocycles. The smallest absolute Gasteiger partial charge is 0.163 e. The van der Waals surface area contributed by atoms with E-state index in [4.69, 9.17) is 15.2 Å². The third kappa shape index (κ3) is 4.78. The number of hydrogen-bond acceptors (Lipinski definition) is 5. The second kappa shape index (κ2) is 8.25. The van der Waals surface area contributed by atoms with Gasteiger partial charge in [-0.05, 0) is 32.4 Å². The number of piperazine rings is 1. The summed E-state index contributed by atoms with van der Waals surface area (Å²) < 4.78 is 11.1. The van der Waals surface area contributed by atoms with Crippen LogP contribution in [-0.2, 0) is 0 Å². The fourth-order valence-electron chi connectivity index (χ4n) is 2.78. The Hall–Kier alpha value is -1.46. The molecule has 0 amide bonds. The van der Waals surface area contributed by atoms with Crippen LogP contribution in [0.5, 0.6) is 11.5 Å². The van der Waals surface area contributed by atoms with Crippen molar-refractivity contribution in [1.82, 2.24) is 9.80 Å². The summed E-state index contributed by atoms with van der Waals surface area (Å²) in [5.41, 5.74) is 6.49. The molecule has 0 unspecified atom stereocenters. The summed E-state index contributed by atoms with van der Waals surface area (Å²) in [5, 5.41) is 0. The number of methoxy groups -OCH3 is 1. The third-order valence-corrected chi connectivity index (χ3v) is 4.20. The van der Waals surface area contributed by atoms with E-state index in [2.05, 4.69) is 23.6 Å². The molecule has 0 bridgehead atoms. The van der Waals surface area contributed by atoms with Gasteiger partial charge < -0.3 is 20.1 Å². The van der Waals surface area contributed by atoms with Gasteiger partial charge >= 0.3 is 0 Å². The predicted octanol–water partition coefficient (Wildman–Crippen LogP) is 2.07. The standard InChI is InChI=1S/C17H29N3O2/c1-14(2)20-10-8-19(9-11-20)7-4-12-22-17-13-15(18)5-6-16(17)21-3/h5-6,13-14H,4,7-12,18H2,1-3H3. The van der Waals surface area contributed by atoms with Gasteiger partial charge in [0.05, 0.1) is 13.7 Å². The molecular weight excluding hydrogens is 278 g/mol. The molecule has 1 aromatic rings. The molecular formula is C17H29N3O2. The number of nitrogen functional groups attached to an aromatic ring is 1.